The van der Waals surface area contributed by atoms with Gasteiger partial charge in [0.2, 0.25) is 15.9 Å². The highest BCUT2D eigenvalue weighted by Gasteiger charge is 2.61. The highest BCUT2D eigenvalue weighted by molar-refractivity contribution is 7.89. The molecule has 0 radical (unpaired) electrons. The first kappa shape index (κ1) is 22.1. The Balaban J connectivity index is 1.80. The van der Waals surface area contributed by atoms with Crippen molar-refractivity contribution in [2.24, 2.45) is 5.92 Å². The number of sulfonamides is 1. The van der Waals surface area contributed by atoms with E-state index in [-0.39, 0.29) is 22.2 Å². The van der Waals surface area contributed by atoms with Crippen LogP contribution in [0.2, 0.25) is 0 Å². The van der Waals surface area contributed by atoms with Crippen LogP contribution in [0.4, 0.5) is 10.1 Å². The van der Waals surface area contributed by atoms with Gasteiger partial charge in [-0.1, -0.05) is 19.8 Å². The maximum atomic E-state index is 13.6. The zero-order valence-electron chi connectivity index (χ0n) is 18.1. The van der Waals surface area contributed by atoms with Crippen LogP contribution < -0.4 is 9.64 Å². The number of carboxylic acid groups (broad SMARTS) is 1. The van der Waals surface area contributed by atoms with Crippen molar-refractivity contribution in [3.63, 3.8) is 0 Å². The Morgan fingerprint density at radius 1 is 1.35 bits per heavy atom. The fourth-order valence-corrected chi connectivity index (χ4v) is 6.63. The number of nitrogens with zero attached hydrogens (tertiary/aromatic N) is 2. The lowest BCUT2D eigenvalue weighted by molar-refractivity contribution is -0.134. The normalized spacial score (nSPS) is 29.4. The number of unbranched alkanes of at least 4 members (excludes halogenated alkanes) is 1. The maximum Gasteiger partial charge on any atom is 0.368 e. The van der Waals surface area contributed by atoms with Crippen molar-refractivity contribution in [1.82, 2.24) is 4.31 Å². The molecule has 1 heterocycles. The molecule has 7 nitrogen and oxygen atoms in total. The van der Waals surface area contributed by atoms with Gasteiger partial charge in [0.15, 0.2) is 0 Å². The minimum atomic E-state index is -3.81. The van der Waals surface area contributed by atoms with Gasteiger partial charge in [0.05, 0.1) is 5.69 Å². The zero-order valence-corrected chi connectivity index (χ0v) is 18.9. The second-order valence-corrected chi connectivity index (χ2v) is 11.1. The summed E-state index contributed by atoms with van der Waals surface area (Å²) in [6.45, 7) is 4.48. The summed E-state index contributed by atoms with van der Waals surface area (Å²) in [5.74, 6) is -2.34. The van der Waals surface area contributed by atoms with Crippen LogP contribution in [0.3, 0.4) is 0 Å². The SMILES string of the molecule is CCCC[C@@H]1CN(C23CC(C2)C3)c2cc(C)c(O/C=C(\F)C(=O)O)cc2S(=O)(=O)N1C. The predicted molar refractivity (Wildman–Crippen MR) is 114 cm³/mol. The van der Waals surface area contributed by atoms with Crippen LogP contribution in [0.1, 0.15) is 51.0 Å². The molecule has 9 heteroatoms. The maximum absolute atomic E-state index is 13.6. The van der Waals surface area contributed by atoms with Crippen LogP contribution in [-0.4, -0.2) is 49.0 Å². The molecule has 5 rings (SSSR count). The molecule has 2 bridgehead atoms. The molecule has 3 fully saturated rings. The lowest BCUT2D eigenvalue weighted by Gasteiger charge is -2.67. The molecule has 0 aromatic heterocycles. The summed E-state index contributed by atoms with van der Waals surface area (Å²) in [6.07, 6.45) is 6.46. The summed E-state index contributed by atoms with van der Waals surface area (Å²) in [5.41, 5.74) is 1.31. The summed E-state index contributed by atoms with van der Waals surface area (Å²) in [6, 6.07) is 3.05. The lowest BCUT2D eigenvalue weighted by Crippen LogP contribution is -2.69. The van der Waals surface area contributed by atoms with Gasteiger partial charge < -0.3 is 14.7 Å². The van der Waals surface area contributed by atoms with Crippen molar-refractivity contribution in [2.45, 2.75) is 68.8 Å². The van der Waals surface area contributed by atoms with E-state index in [2.05, 4.69) is 11.8 Å². The number of ether oxygens (including phenoxy) is 1. The first-order chi connectivity index (χ1) is 14.6. The number of carbonyl (C=O) groups is 1. The molecule has 4 aliphatic rings. The number of aryl methyl sites for hydroxylation is 1. The fraction of sp³-hybridized carbons (Fsp3) is 0.591. The Hall–Kier alpha value is -2.13. The third-order valence-corrected chi connectivity index (χ3v) is 9.01. The quantitative estimate of drug-likeness (QED) is 0.500. The molecule has 1 atom stereocenters. The van der Waals surface area contributed by atoms with E-state index >= 15 is 0 Å². The number of carboxylic acids is 1. The summed E-state index contributed by atoms with van der Waals surface area (Å²) in [5, 5.41) is 8.71. The number of likely N-dealkylation sites (N-methyl/N-ethyl adjacent to an activating group) is 1. The number of fused-ring (bicyclic) bond motifs is 1. The van der Waals surface area contributed by atoms with E-state index < -0.39 is 21.8 Å². The third-order valence-electron chi connectivity index (χ3n) is 7.07. The summed E-state index contributed by atoms with van der Waals surface area (Å²) in [4.78, 5) is 13.1. The molecule has 0 unspecified atom stereocenters. The van der Waals surface area contributed by atoms with E-state index in [1.807, 2.05) is 0 Å². The van der Waals surface area contributed by atoms with E-state index in [4.69, 9.17) is 9.84 Å². The van der Waals surface area contributed by atoms with Crippen molar-refractivity contribution in [1.29, 1.82) is 0 Å². The minimum Gasteiger partial charge on any atom is -0.476 e. The molecule has 0 amide bonds. The van der Waals surface area contributed by atoms with Gasteiger partial charge in [-0.25, -0.2) is 13.2 Å². The number of halogens is 1. The van der Waals surface area contributed by atoms with Crippen molar-refractivity contribution in [3.05, 3.63) is 29.8 Å². The average molecular weight is 453 g/mol. The van der Waals surface area contributed by atoms with Crippen LogP contribution in [0, 0.1) is 12.8 Å². The first-order valence-electron chi connectivity index (χ1n) is 10.7. The number of anilines is 1. The van der Waals surface area contributed by atoms with Gasteiger partial charge >= 0.3 is 5.97 Å². The zero-order chi connectivity index (χ0) is 22.6. The second kappa shape index (κ2) is 7.78. The van der Waals surface area contributed by atoms with Crippen molar-refractivity contribution < 1.29 is 27.4 Å². The Kier molecular flexibility index (Phi) is 5.54. The van der Waals surface area contributed by atoms with E-state index in [0.717, 1.165) is 44.4 Å². The highest BCUT2D eigenvalue weighted by Crippen LogP contribution is 2.62. The average Bonchev–Trinajstić information content (AvgIpc) is 2.71. The van der Waals surface area contributed by atoms with Gasteiger partial charge in [-0.2, -0.15) is 8.70 Å². The molecule has 0 saturated heterocycles. The van der Waals surface area contributed by atoms with Crippen LogP contribution in [0.25, 0.3) is 0 Å². The molecular weight excluding hydrogens is 423 g/mol. The number of aliphatic carboxylic acids is 1. The predicted octanol–water partition coefficient (Wildman–Crippen LogP) is 3.82. The lowest BCUT2D eigenvalue weighted by atomic mass is 9.49. The molecule has 1 N–H and O–H groups in total. The molecule has 1 aromatic rings. The standard InChI is InChI=1S/C22H29FN2O5S/c1-4-5-6-16-12-25(22-9-15(10-22)11-22)18-7-14(2)19(30-13-17(23)21(26)27)8-20(18)31(28,29)24(16)3/h7-8,13,15-16H,4-6,9-12H2,1-3H3,(H,26,27)/b17-13-/t15?,16-,22?/m1/s1. The van der Waals surface area contributed by atoms with E-state index in [1.54, 1.807) is 20.0 Å². The topological polar surface area (TPSA) is 87.1 Å². The summed E-state index contributed by atoms with van der Waals surface area (Å²) in [7, 11) is -2.19. The summed E-state index contributed by atoms with van der Waals surface area (Å²) >= 11 is 0. The van der Waals surface area contributed by atoms with Gasteiger partial charge in [0, 0.05) is 31.2 Å². The van der Waals surface area contributed by atoms with Crippen LogP contribution >= 0.6 is 0 Å². The van der Waals surface area contributed by atoms with Crippen LogP contribution in [0.5, 0.6) is 5.75 Å². The van der Waals surface area contributed by atoms with E-state index in [0.29, 0.717) is 24.1 Å². The molecule has 3 aliphatic carbocycles. The van der Waals surface area contributed by atoms with Gasteiger partial charge in [-0.05, 0) is 50.2 Å². The number of hydrogen-bond donors (Lipinski definition) is 1. The molecule has 0 spiro atoms. The third kappa shape index (κ3) is 3.61. The smallest absolute Gasteiger partial charge is 0.368 e. The van der Waals surface area contributed by atoms with Gasteiger partial charge in [-0.15, -0.1) is 0 Å². The van der Waals surface area contributed by atoms with Crippen molar-refractivity contribution >= 4 is 21.7 Å². The largest absolute Gasteiger partial charge is 0.476 e. The second-order valence-electron chi connectivity index (χ2n) is 9.10. The van der Waals surface area contributed by atoms with Crippen LogP contribution in [-0.2, 0) is 14.8 Å². The van der Waals surface area contributed by atoms with Gasteiger partial charge in [-0.3, -0.25) is 0 Å². The number of hydrogen-bond acceptors (Lipinski definition) is 5. The van der Waals surface area contributed by atoms with Gasteiger partial charge in [0.1, 0.15) is 16.9 Å². The molecule has 31 heavy (non-hydrogen) atoms. The number of rotatable bonds is 7. The first-order valence-corrected chi connectivity index (χ1v) is 12.2. The van der Waals surface area contributed by atoms with Gasteiger partial charge in [0.25, 0.3) is 0 Å². The molecule has 3 saturated carbocycles. The van der Waals surface area contributed by atoms with E-state index in [9.17, 15) is 17.6 Å². The Labute approximate surface area is 182 Å². The van der Waals surface area contributed by atoms with Crippen molar-refractivity contribution in [2.75, 3.05) is 18.5 Å². The molecule has 1 aromatic carbocycles. The van der Waals surface area contributed by atoms with E-state index in [1.165, 1.54) is 10.4 Å². The summed E-state index contributed by atoms with van der Waals surface area (Å²) < 4.78 is 47.2. The minimum absolute atomic E-state index is 0.0225. The monoisotopic (exact) mass is 452 g/mol. The van der Waals surface area contributed by atoms with Crippen molar-refractivity contribution in [3.8, 4) is 5.75 Å². The van der Waals surface area contributed by atoms with Crippen LogP contribution in [0.15, 0.2) is 29.1 Å². The Morgan fingerprint density at radius 2 is 2.03 bits per heavy atom. The Bertz CT molecular complexity index is 1020. The number of benzene rings is 1. The Morgan fingerprint density at radius 3 is 2.58 bits per heavy atom. The molecule has 170 valence electrons. The highest BCUT2D eigenvalue weighted by atomic mass is 32.2. The molecule has 1 aliphatic heterocycles. The fourth-order valence-electron chi connectivity index (χ4n) is 5.07. The molecular formula is C22H29FN2O5S.